The van der Waals surface area contributed by atoms with Crippen LogP contribution in [0.1, 0.15) is 5.69 Å². The van der Waals surface area contributed by atoms with E-state index in [-0.39, 0.29) is 5.82 Å². The summed E-state index contributed by atoms with van der Waals surface area (Å²) < 4.78 is 18.1. The van der Waals surface area contributed by atoms with Crippen LogP contribution in [-0.2, 0) is 0 Å². The minimum atomic E-state index is -0.371. The summed E-state index contributed by atoms with van der Waals surface area (Å²) in [5.74, 6) is 0.0233. The molecule has 1 heterocycles. The summed E-state index contributed by atoms with van der Waals surface area (Å²) in [5, 5.41) is 11.8. The summed E-state index contributed by atoms with van der Waals surface area (Å²) >= 11 is 0. The molecular formula is C13H10FN3O. The van der Waals surface area contributed by atoms with E-state index in [1.54, 1.807) is 18.2 Å². The minimum absolute atomic E-state index is 0.307. The van der Waals surface area contributed by atoms with Crippen LogP contribution in [0.3, 0.4) is 0 Å². The van der Waals surface area contributed by atoms with Gasteiger partial charge in [0.05, 0.1) is 12.8 Å². The second-order valence-corrected chi connectivity index (χ2v) is 3.51. The van der Waals surface area contributed by atoms with Crippen molar-refractivity contribution in [2.75, 3.05) is 12.4 Å². The van der Waals surface area contributed by atoms with E-state index >= 15 is 0 Å². The van der Waals surface area contributed by atoms with Gasteiger partial charge in [-0.1, -0.05) is 0 Å². The minimum Gasteiger partial charge on any atom is -0.494 e. The van der Waals surface area contributed by atoms with E-state index in [1.807, 2.05) is 6.07 Å². The highest BCUT2D eigenvalue weighted by atomic mass is 19.1. The Hall–Kier alpha value is -2.61. The van der Waals surface area contributed by atoms with Crippen LogP contribution in [0.25, 0.3) is 0 Å². The molecule has 0 fully saturated rings. The predicted molar refractivity (Wildman–Crippen MR) is 65.2 cm³/mol. The van der Waals surface area contributed by atoms with E-state index < -0.39 is 0 Å². The molecule has 0 bridgehead atoms. The van der Waals surface area contributed by atoms with Crippen molar-refractivity contribution in [3.8, 4) is 11.8 Å². The zero-order chi connectivity index (χ0) is 13.0. The maximum atomic E-state index is 13.0. The first-order chi connectivity index (χ1) is 8.72. The average Bonchev–Trinajstić information content (AvgIpc) is 2.41. The van der Waals surface area contributed by atoms with Gasteiger partial charge in [-0.25, -0.2) is 9.37 Å². The van der Waals surface area contributed by atoms with Crippen LogP contribution in [0, 0.1) is 17.1 Å². The molecule has 0 unspecified atom stereocenters. The zero-order valence-electron chi connectivity index (χ0n) is 9.64. The van der Waals surface area contributed by atoms with Crippen molar-refractivity contribution in [2.24, 2.45) is 0 Å². The zero-order valence-corrected chi connectivity index (χ0v) is 9.64. The molecule has 4 nitrogen and oxygen atoms in total. The molecular weight excluding hydrogens is 233 g/mol. The fraction of sp³-hybridized carbons (Fsp3) is 0.0769. The van der Waals surface area contributed by atoms with E-state index in [1.165, 1.54) is 25.4 Å². The molecule has 0 saturated carbocycles. The van der Waals surface area contributed by atoms with Gasteiger partial charge in [-0.3, -0.25) is 0 Å². The summed E-state index contributed by atoms with van der Waals surface area (Å²) in [6.45, 7) is 0. The van der Waals surface area contributed by atoms with Gasteiger partial charge >= 0.3 is 0 Å². The van der Waals surface area contributed by atoms with Crippen LogP contribution in [-0.4, -0.2) is 12.1 Å². The number of benzene rings is 1. The van der Waals surface area contributed by atoms with Crippen molar-refractivity contribution in [1.82, 2.24) is 4.98 Å². The Balaban J connectivity index is 2.31. The normalized spacial score (nSPS) is 9.61. The number of rotatable bonds is 3. The predicted octanol–water partition coefficient (Wildman–Crippen LogP) is 2.84. The number of ether oxygens (including phenoxy) is 1. The highest BCUT2D eigenvalue weighted by Crippen LogP contribution is 2.28. The number of halogens is 1. The highest BCUT2D eigenvalue weighted by Gasteiger charge is 2.05. The summed E-state index contributed by atoms with van der Waals surface area (Å²) in [4.78, 5) is 3.86. The molecule has 1 N–H and O–H groups in total. The molecule has 1 aromatic heterocycles. The largest absolute Gasteiger partial charge is 0.494 e. The highest BCUT2D eigenvalue weighted by molar-refractivity contribution is 5.66. The number of pyridine rings is 1. The van der Waals surface area contributed by atoms with Crippen LogP contribution in [0.15, 0.2) is 36.5 Å². The molecule has 1 aromatic carbocycles. The third-order valence-electron chi connectivity index (χ3n) is 2.32. The lowest BCUT2D eigenvalue weighted by Gasteiger charge is -2.11. The third-order valence-corrected chi connectivity index (χ3v) is 2.32. The molecule has 0 aliphatic heterocycles. The lowest BCUT2D eigenvalue weighted by molar-refractivity contribution is 0.413. The van der Waals surface area contributed by atoms with Crippen LogP contribution >= 0.6 is 0 Å². The number of nitrogens with zero attached hydrogens (tertiary/aromatic N) is 2. The molecule has 0 amide bonds. The number of hydrogen-bond donors (Lipinski definition) is 1. The summed E-state index contributed by atoms with van der Waals surface area (Å²) in [5.41, 5.74) is 1.61. The van der Waals surface area contributed by atoms with Crippen molar-refractivity contribution >= 4 is 11.4 Å². The molecule has 0 spiro atoms. The molecule has 0 radical (unpaired) electrons. The number of hydrogen-bond acceptors (Lipinski definition) is 4. The van der Waals surface area contributed by atoms with Gasteiger partial charge in [0.25, 0.3) is 0 Å². The van der Waals surface area contributed by atoms with Gasteiger partial charge in [0.1, 0.15) is 23.3 Å². The second-order valence-electron chi connectivity index (χ2n) is 3.51. The van der Waals surface area contributed by atoms with Gasteiger partial charge in [-0.2, -0.15) is 5.26 Å². The van der Waals surface area contributed by atoms with Crippen molar-refractivity contribution in [2.45, 2.75) is 0 Å². The number of aromatic nitrogens is 1. The smallest absolute Gasteiger partial charge is 0.145 e. The Labute approximate surface area is 104 Å². The Morgan fingerprint density at radius 3 is 2.89 bits per heavy atom. The van der Waals surface area contributed by atoms with Gasteiger partial charge in [-0.15, -0.1) is 0 Å². The Bertz CT molecular complexity index is 607. The standard InChI is InChI=1S/C13H10FN3O/c1-18-13-6-9(14)2-3-12(13)17-10-4-5-16-11(7-10)8-15/h2-7H,1H3,(H,16,17). The molecule has 0 saturated heterocycles. The molecule has 5 heteroatoms. The Kier molecular flexibility index (Phi) is 3.39. The van der Waals surface area contributed by atoms with Crippen molar-refractivity contribution in [3.05, 3.63) is 48.0 Å². The monoisotopic (exact) mass is 243 g/mol. The lowest BCUT2D eigenvalue weighted by atomic mass is 10.2. The van der Waals surface area contributed by atoms with Crippen molar-refractivity contribution in [1.29, 1.82) is 5.26 Å². The molecule has 0 aliphatic rings. The third kappa shape index (κ3) is 2.55. The van der Waals surface area contributed by atoms with Crippen LogP contribution in [0.4, 0.5) is 15.8 Å². The van der Waals surface area contributed by atoms with E-state index in [9.17, 15) is 4.39 Å². The van der Waals surface area contributed by atoms with Crippen LogP contribution in [0.2, 0.25) is 0 Å². The maximum absolute atomic E-state index is 13.0. The first-order valence-electron chi connectivity index (χ1n) is 5.19. The van der Waals surface area contributed by atoms with Crippen LogP contribution in [0.5, 0.6) is 5.75 Å². The molecule has 18 heavy (non-hydrogen) atoms. The summed E-state index contributed by atoms with van der Waals surface area (Å²) in [6.07, 6.45) is 1.52. The molecule has 0 atom stereocenters. The van der Waals surface area contributed by atoms with Crippen molar-refractivity contribution < 1.29 is 9.13 Å². The van der Waals surface area contributed by atoms with Crippen molar-refractivity contribution in [3.63, 3.8) is 0 Å². The van der Waals surface area contributed by atoms with Gasteiger partial charge in [0.2, 0.25) is 0 Å². The number of nitriles is 1. The van der Waals surface area contributed by atoms with E-state index in [4.69, 9.17) is 10.00 Å². The molecule has 2 rings (SSSR count). The summed E-state index contributed by atoms with van der Waals surface area (Å²) in [7, 11) is 1.47. The molecule has 90 valence electrons. The van der Waals surface area contributed by atoms with Crippen LogP contribution < -0.4 is 10.1 Å². The summed E-state index contributed by atoms with van der Waals surface area (Å²) in [6, 6.07) is 9.45. The van der Waals surface area contributed by atoms with Gasteiger partial charge in [-0.05, 0) is 24.3 Å². The first-order valence-corrected chi connectivity index (χ1v) is 5.19. The maximum Gasteiger partial charge on any atom is 0.145 e. The Morgan fingerprint density at radius 2 is 2.17 bits per heavy atom. The van der Waals surface area contributed by atoms with E-state index in [0.717, 1.165) is 0 Å². The van der Waals surface area contributed by atoms with E-state index in [0.29, 0.717) is 22.8 Å². The Morgan fingerprint density at radius 1 is 1.33 bits per heavy atom. The fourth-order valence-electron chi connectivity index (χ4n) is 1.49. The topological polar surface area (TPSA) is 57.9 Å². The average molecular weight is 243 g/mol. The fourth-order valence-corrected chi connectivity index (χ4v) is 1.49. The quantitative estimate of drug-likeness (QED) is 0.900. The van der Waals surface area contributed by atoms with Gasteiger partial charge in [0, 0.05) is 18.0 Å². The number of anilines is 2. The van der Waals surface area contributed by atoms with Gasteiger partial charge < -0.3 is 10.1 Å². The number of nitrogens with one attached hydrogen (secondary N) is 1. The molecule has 0 aliphatic carbocycles. The SMILES string of the molecule is COc1cc(F)ccc1Nc1ccnc(C#N)c1. The second kappa shape index (κ2) is 5.15. The van der Waals surface area contributed by atoms with Gasteiger partial charge in [0.15, 0.2) is 0 Å². The first kappa shape index (κ1) is 11.9. The van der Waals surface area contributed by atoms with E-state index in [2.05, 4.69) is 10.3 Å². The lowest BCUT2D eigenvalue weighted by Crippen LogP contribution is -1.96. The number of methoxy groups -OCH3 is 1. The molecule has 2 aromatic rings.